The molecule has 180 valence electrons. The van der Waals surface area contributed by atoms with E-state index in [4.69, 9.17) is 32.9 Å². The highest BCUT2D eigenvalue weighted by atomic mass is 35.5. The molecule has 0 bridgehead atoms. The SMILES string of the molecule is Cc1nc2c(-c3ccc(Cl)cc3F)nc(C3CCOC(c4cnn(C5CC5)c4)C3)cn2c(=O)c1Cl. The van der Waals surface area contributed by atoms with E-state index in [-0.39, 0.29) is 39.0 Å². The number of ether oxygens (including phenoxy) is 1. The number of hydrogen-bond donors (Lipinski definition) is 0. The molecule has 1 aromatic carbocycles. The summed E-state index contributed by atoms with van der Waals surface area (Å²) in [6, 6.07) is 4.87. The number of nitrogens with zero attached hydrogens (tertiary/aromatic N) is 5. The van der Waals surface area contributed by atoms with Gasteiger partial charge >= 0.3 is 0 Å². The molecule has 35 heavy (non-hydrogen) atoms. The second-order valence-corrected chi connectivity index (χ2v) is 10.0. The molecule has 1 saturated heterocycles. The van der Waals surface area contributed by atoms with E-state index in [1.165, 1.54) is 10.5 Å². The molecule has 6 rings (SSSR count). The van der Waals surface area contributed by atoms with Crippen molar-refractivity contribution in [2.75, 3.05) is 6.61 Å². The van der Waals surface area contributed by atoms with E-state index in [0.717, 1.165) is 24.8 Å². The minimum absolute atomic E-state index is 0.0106. The first kappa shape index (κ1) is 22.6. The van der Waals surface area contributed by atoms with Gasteiger partial charge in [-0.05, 0) is 50.8 Å². The van der Waals surface area contributed by atoms with Crippen molar-refractivity contribution in [3.05, 3.63) is 80.0 Å². The lowest BCUT2D eigenvalue weighted by atomic mass is 9.90. The Bertz CT molecular complexity index is 1510. The summed E-state index contributed by atoms with van der Waals surface area (Å²) in [5.74, 6) is -0.549. The second kappa shape index (κ2) is 8.69. The fourth-order valence-corrected chi connectivity index (χ4v) is 4.95. The molecule has 2 unspecified atom stereocenters. The molecule has 7 nitrogen and oxygen atoms in total. The van der Waals surface area contributed by atoms with Crippen molar-refractivity contribution in [2.24, 2.45) is 0 Å². The van der Waals surface area contributed by atoms with E-state index < -0.39 is 11.4 Å². The summed E-state index contributed by atoms with van der Waals surface area (Å²) in [5.41, 5.74) is 2.38. The molecule has 1 aliphatic carbocycles. The minimum atomic E-state index is -0.539. The minimum Gasteiger partial charge on any atom is -0.373 e. The Balaban J connectivity index is 1.45. The van der Waals surface area contributed by atoms with E-state index in [2.05, 4.69) is 16.3 Å². The van der Waals surface area contributed by atoms with Gasteiger partial charge in [-0.2, -0.15) is 5.10 Å². The number of rotatable bonds is 4. The molecule has 1 saturated carbocycles. The Hall–Kier alpha value is -2.81. The van der Waals surface area contributed by atoms with E-state index in [1.54, 1.807) is 25.3 Å². The fourth-order valence-electron chi connectivity index (χ4n) is 4.66. The third-order valence-electron chi connectivity index (χ3n) is 6.74. The quantitative estimate of drug-likeness (QED) is 0.351. The summed E-state index contributed by atoms with van der Waals surface area (Å²) in [7, 11) is 0. The zero-order valence-electron chi connectivity index (χ0n) is 18.9. The van der Waals surface area contributed by atoms with Gasteiger partial charge in [0.15, 0.2) is 5.65 Å². The largest absolute Gasteiger partial charge is 0.373 e. The van der Waals surface area contributed by atoms with Crippen molar-refractivity contribution in [2.45, 2.75) is 50.7 Å². The molecule has 1 aliphatic heterocycles. The number of hydrogen-bond acceptors (Lipinski definition) is 5. The molecule has 2 aliphatic rings. The molecule has 10 heteroatoms. The highest BCUT2D eigenvalue weighted by Gasteiger charge is 2.30. The molecule has 2 fully saturated rings. The lowest BCUT2D eigenvalue weighted by molar-refractivity contribution is 0.00454. The summed E-state index contributed by atoms with van der Waals surface area (Å²) in [6.45, 7) is 2.18. The molecule has 0 N–H and O–H groups in total. The van der Waals surface area contributed by atoms with Crippen molar-refractivity contribution in [1.29, 1.82) is 0 Å². The maximum atomic E-state index is 15.0. The van der Waals surface area contributed by atoms with Crippen LogP contribution in [0, 0.1) is 12.7 Å². The average molecular weight is 514 g/mol. The summed E-state index contributed by atoms with van der Waals surface area (Å²) in [6.07, 6.45) is 9.17. The number of benzene rings is 1. The zero-order chi connectivity index (χ0) is 24.3. The molecule has 0 radical (unpaired) electrons. The molecule has 0 spiro atoms. The lowest BCUT2D eigenvalue weighted by Gasteiger charge is -2.29. The van der Waals surface area contributed by atoms with Crippen molar-refractivity contribution in [3.63, 3.8) is 0 Å². The maximum Gasteiger partial charge on any atom is 0.277 e. The average Bonchev–Trinajstić information content (AvgIpc) is 3.59. The Labute approximate surface area is 210 Å². The van der Waals surface area contributed by atoms with Gasteiger partial charge in [-0.25, -0.2) is 14.4 Å². The van der Waals surface area contributed by atoms with Gasteiger partial charge in [0.05, 0.1) is 29.7 Å². The lowest BCUT2D eigenvalue weighted by Crippen LogP contribution is -2.23. The van der Waals surface area contributed by atoms with Crippen LogP contribution in [0.3, 0.4) is 0 Å². The van der Waals surface area contributed by atoms with Crippen LogP contribution in [0.2, 0.25) is 10.0 Å². The normalized spacial score (nSPS) is 20.5. The molecule has 3 aromatic heterocycles. The van der Waals surface area contributed by atoms with E-state index >= 15 is 0 Å². The van der Waals surface area contributed by atoms with Gasteiger partial charge in [0.2, 0.25) is 0 Å². The Morgan fingerprint density at radius 1 is 1.14 bits per heavy atom. The van der Waals surface area contributed by atoms with Crippen LogP contribution in [0.4, 0.5) is 4.39 Å². The third kappa shape index (κ3) is 4.13. The summed E-state index contributed by atoms with van der Waals surface area (Å²) >= 11 is 12.2. The van der Waals surface area contributed by atoms with Gasteiger partial charge in [-0.15, -0.1) is 0 Å². The highest BCUT2D eigenvalue weighted by Crippen LogP contribution is 2.40. The number of aromatic nitrogens is 5. The monoisotopic (exact) mass is 513 g/mol. The fraction of sp³-hybridized carbons (Fsp3) is 0.360. The molecule has 0 amide bonds. The van der Waals surface area contributed by atoms with Crippen LogP contribution in [0.25, 0.3) is 16.9 Å². The number of halogens is 3. The molecular formula is C25H22Cl2FN5O2. The molecule has 4 aromatic rings. The van der Waals surface area contributed by atoms with Crippen molar-refractivity contribution >= 4 is 28.8 Å². The molecule has 2 atom stereocenters. The summed E-state index contributed by atoms with van der Waals surface area (Å²) in [5, 5.41) is 4.79. The van der Waals surface area contributed by atoms with Crippen molar-refractivity contribution in [3.8, 4) is 11.3 Å². The van der Waals surface area contributed by atoms with Crippen LogP contribution in [-0.4, -0.2) is 30.8 Å². The molecule has 4 heterocycles. The Morgan fingerprint density at radius 3 is 2.74 bits per heavy atom. The highest BCUT2D eigenvalue weighted by molar-refractivity contribution is 6.31. The predicted octanol–water partition coefficient (Wildman–Crippen LogP) is 5.68. The first-order valence-corrected chi connectivity index (χ1v) is 12.3. The van der Waals surface area contributed by atoms with Gasteiger partial charge in [0.25, 0.3) is 5.56 Å². The second-order valence-electron chi connectivity index (χ2n) is 9.21. The van der Waals surface area contributed by atoms with E-state index in [1.807, 2.05) is 10.9 Å². The van der Waals surface area contributed by atoms with Crippen LogP contribution in [-0.2, 0) is 4.74 Å². The van der Waals surface area contributed by atoms with Crippen LogP contribution in [0.5, 0.6) is 0 Å². The predicted molar refractivity (Wildman–Crippen MR) is 131 cm³/mol. The smallest absolute Gasteiger partial charge is 0.277 e. The standard InChI is InChI=1S/C25H22Cl2FN5O2/c1-13-22(27)25(34)32-12-20(31-23(24(32)30-13)18-5-2-16(26)9-19(18)28)14-6-7-35-21(8-14)15-10-29-33(11-15)17-3-4-17/h2,5,9-12,14,17,21H,3-4,6-8H2,1H3. The Morgan fingerprint density at radius 2 is 1.97 bits per heavy atom. The van der Waals surface area contributed by atoms with Gasteiger partial charge in [-0.3, -0.25) is 13.9 Å². The maximum absolute atomic E-state index is 15.0. The van der Waals surface area contributed by atoms with Gasteiger partial charge in [-0.1, -0.05) is 23.2 Å². The topological polar surface area (TPSA) is 74.3 Å². The zero-order valence-corrected chi connectivity index (χ0v) is 20.4. The van der Waals surface area contributed by atoms with Gasteiger partial charge in [0, 0.05) is 41.1 Å². The third-order valence-corrected chi connectivity index (χ3v) is 7.41. The van der Waals surface area contributed by atoms with Gasteiger partial charge < -0.3 is 4.74 Å². The van der Waals surface area contributed by atoms with Crippen LogP contribution < -0.4 is 5.56 Å². The van der Waals surface area contributed by atoms with Crippen LogP contribution >= 0.6 is 23.2 Å². The first-order chi connectivity index (χ1) is 16.9. The van der Waals surface area contributed by atoms with Crippen molar-refractivity contribution in [1.82, 2.24) is 24.1 Å². The van der Waals surface area contributed by atoms with Gasteiger partial charge in [0.1, 0.15) is 16.5 Å². The number of fused-ring (bicyclic) bond motifs is 1. The van der Waals surface area contributed by atoms with E-state index in [0.29, 0.717) is 30.5 Å². The van der Waals surface area contributed by atoms with Crippen LogP contribution in [0.15, 0.2) is 41.6 Å². The van der Waals surface area contributed by atoms with E-state index in [9.17, 15) is 9.18 Å². The van der Waals surface area contributed by atoms with Crippen LogP contribution in [0.1, 0.15) is 60.7 Å². The summed E-state index contributed by atoms with van der Waals surface area (Å²) < 4.78 is 24.4. The number of aryl methyl sites for hydroxylation is 1. The first-order valence-electron chi connectivity index (χ1n) is 11.6. The summed E-state index contributed by atoms with van der Waals surface area (Å²) in [4.78, 5) is 22.4. The van der Waals surface area contributed by atoms with Crippen molar-refractivity contribution < 1.29 is 9.13 Å². The Kier molecular flexibility index (Phi) is 5.62. The molecular weight excluding hydrogens is 492 g/mol.